The van der Waals surface area contributed by atoms with Crippen LogP contribution in [0.15, 0.2) is 47.4 Å². The molecule has 1 amide bonds. The molecular weight excluding hydrogens is 384 g/mol. The van der Waals surface area contributed by atoms with Crippen molar-refractivity contribution in [3.63, 3.8) is 0 Å². The number of rotatable bonds is 5. The highest BCUT2D eigenvalue weighted by atomic mass is 35.5. The Morgan fingerprint density at radius 2 is 1.84 bits per heavy atom. The zero-order valence-corrected chi connectivity index (χ0v) is 15.0. The van der Waals surface area contributed by atoms with Gasteiger partial charge in [0, 0.05) is 21.7 Å². The first-order chi connectivity index (χ1) is 11.8. The number of carboxylic acids is 1. The normalized spacial score (nSPS) is 10.1. The molecule has 4 N–H and O–H groups in total. The lowest BCUT2D eigenvalue weighted by Crippen LogP contribution is -2.35. The molecule has 6 nitrogen and oxygen atoms in total. The maximum Gasteiger partial charge on any atom is 0.339 e. The fourth-order valence-corrected chi connectivity index (χ4v) is 2.85. The minimum Gasteiger partial charge on any atom is -0.507 e. The van der Waals surface area contributed by atoms with Crippen LogP contribution in [0.2, 0.25) is 5.02 Å². The van der Waals surface area contributed by atoms with Gasteiger partial charge in [-0.05, 0) is 48.6 Å². The molecule has 0 aliphatic carbocycles. The number of halogens is 1. The average molecular weight is 397 g/mol. The van der Waals surface area contributed by atoms with Gasteiger partial charge in [0.1, 0.15) is 11.3 Å². The Bertz CT molecular complexity index is 812. The highest BCUT2D eigenvalue weighted by Crippen LogP contribution is 2.22. The van der Waals surface area contributed by atoms with Crippen molar-refractivity contribution in [2.45, 2.75) is 4.90 Å². The van der Waals surface area contributed by atoms with Gasteiger partial charge >= 0.3 is 5.97 Å². The van der Waals surface area contributed by atoms with Crippen LogP contribution in [0.1, 0.15) is 10.4 Å². The van der Waals surface area contributed by atoms with Gasteiger partial charge in [0.15, 0.2) is 5.11 Å². The number of carbonyl (C=O) groups excluding carboxylic acids is 1. The minimum atomic E-state index is -1.24. The van der Waals surface area contributed by atoms with Crippen LogP contribution in [0.3, 0.4) is 0 Å². The molecular formula is C16H13ClN2O4S2. The highest BCUT2D eigenvalue weighted by Gasteiger charge is 2.11. The molecule has 0 aliphatic rings. The number of hydrogen-bond donors (Lipinski definition) is 4. The van der Waals surface area contributed by atoms with E-state index >= 15 is 0 Å². The molecule has 0 bridgehead atoms. The molecule has 2 aromatic rings. The van der Waals surface area contributed by atoms with E-state index in [2.05, 4.69) is 10.6 Å². The number of phenols is 1. The Balaban J connectivity index is 1.85. The van der Waals surface area contributed by atoms with Gasteiger partial charge < -0.3 is 20.8 Å². The first-order valence-electron chi connectivity index (χ1n) is 6.90. The maximum atomic E-state index is 11.9. The number of carbonyl (C=O) groups is 2. The third kappa shape index (κ3) is 5.93. The minimum absolute atomic E-state index is 0.0455. The first-order valence-corrected chi connectivity index (χ1v) is 8.68. The number of thioether (sulfide) groups is 1. The zero-order valence-electron chi connectivity index (χ0n) is 12.7. The Morgan fingerprint density at radius 3 is 2.44 bits per heavy atom. The van der Waals surface area contributed by atoms with Crippen LogP contribution in [-0.2, 0) is 4.79 Å². The molecule has 0 spiro atoms. The van der Waals surface area contributed by atoms with E-state index in [1.165, 1.54) is 30.0 Å². The Kier molecular flexibility index (Phi) is 6.63. The predicted molar refractivity (Wildman–Crippen MR) is 102 cm³/mol. The lowest BCUT2D eigenvalue weighted by atomic mass is 10.2. The van der Waals surface area contributed by atoms with Crippen LogP contribution >= 0.6 is 35.6 Å². The van der Waals surface area contributed by atoms with E-state index in [-0.39, 0.29) is 22.3 Å². The predicted octanol–water partition coefficient (Wildman–Crippen LogP) is 3.35. The summed E-state index contributed by atoms with van der Waals surface area (Å²) in [4.78, 5) is 23.6. The van der Waals surface area contributed by atoms with E-state index < -0.39 is 11.7 Å². The average Bonchev–Trinajstić information content (AvgIpc) is 2.54. The lowest BCUT2D eigenvalue weighted by Gasteiger charge is -2.10. The molecule has 0 saturated heterocycles. The van der Waals surface area contributed by atoms with Crippen molar-refractivity contribution in [2.24, 2.45) is 0 Å². The molecule has 0 aromatic heterocycles. The Labute approximate surface area is 158 Å². The van der Waals surface area contributed by atoms with Crippen molar-refractivity contribution in [1.29, 1.82) is 0 Å². The number of benzene rings is 2. The van der Waals surface area contributed by atoms with E-state index in [1.54, 1.807) is 12.1 Å². The third-order valence-corrected chi connectivity index (χ3v) is 4.39. The monoisotopic (exact) mass is 396 g/mol. The van der Waals surface area contributed by atoms with Gasteiger partial charge in [-0.15, -0.1) is 11.8 Å². The first kappa shape index (κ1) is 19.0. The van der Waals surface area contributed by atoms with Gasteiger partial charge in [-0.2, -0.15) is 0 Å². The summed E-state index contributed by atoms with van der Waals surface area (Å²) < 4.78 is 0. The highest BCUT2D eigenvalue weighted by molar-refractivity contribution is 8.00. The lowest BCUT2D eigenvalue weighted by molar-refractivity contribution is -0.117. The van der Waals surface area contributed by atoms with E-state index in [9.17, 15) is 14.7 Å². The van der Waals surface area contributed by atoms with Crippen LogP contribution < -0.4 is 10.6 Å². The van der Waals surface area contributed by atoms with Gasteiger partial charge in [-0.25, -0.2) is 4.79 Å². The van der Waals surface area contributed by atoms with Crippen LogP contribution in [-0.4, -0.2) is 33.0 Å². The quantitative estimate of drug-likeness (QED) is 0.454. The molecule has 0 fully saturated rings. The molecule has 0 saturated carbocycles. The van der Waals surface area contributed by atoms with Crippen molar-refractivity contribution in [2.75, 3.05) is 11.1 Å². The maximum absolute atomic E-state index is 11.9. The molecule has 0 aliphatic heterocycles. The number of aromatic hydroxyl groups is 1. The smallest absolute Gasteiger partial charge is 0.339 e. The molecule has 0 radical (unpaired) electrons. The summed E-state index contributed by atoms with van der Waals surface area (Å²) in [5, 5.41) is 24.4. The van der Waals surface area contributed by atoms with Crippen LogP contribution in [0.4, 0.5) is 5.69 Å². The number of nitrogens with one attached hydrogen (secondary N) is 2. The van der Waals surface area contributed by atoms with Crippen molar-refractivity contribution in [1.82, 2.24) is 5.32 Å². The number of thiocarbonyl (C=S) groups is 1. The van der Waals surface area contributed by atoms with Gasteiger partial charge in [-0.1, -0.05) is 11.6 Å². The second kappa shape index (κ2) is 8.70. The summed E-state index contributed by atoms with van der Waals surface area (Å²) in [6.45, 7) is 0. The van der Waals surface area contributed by atoms with Crippen molar-refractivity contribution in [3.8, 4) is 5.75 Å². The van der Waals surface area contributed by atoms with E-state index in [0.29, 0.717) is 10.7 Å². The standard InChI is InChI=1S/C16H13ClN2O4S2/c17-9-1-4-11(5-2-9)25-8-14(21)19-16(24)18-10-3-6-12(15(22)23)13(20)7-10/h1-7,20H,8H2,(H,22,23)(H2,18,19,21,24). The van der Waals surface area contributed by atoms with E-state index in [4.69, 9.17) is 28.9 Å². The molecule has 130 valence electrons. The summed E-state index contributed by atoms with van der Waals surface area (Å²) in [5.74, 6) is -1.78. The number of carboxylic acid groups (broad SMARTS) is 1. The van der Waals surface area contributed by atoms with Crippen molar-refractivity contribution >= 4 is 58.3 Å². The van der Waals surface area contributed by atoms with Crippen LogP contribution in [0.5, 0.6) is 5.75 Å². The molecule has 2 aromatic carbocycles. The Hall–Kier alpha value is -2.29. The van der Waals surface area contributed by atoms with Gasteiger partial charge in [0.05, 0.1) is 5.75 Å². The van der Waals surface area contributed by atoms with Crippen LogP contribution in [0.25, 0.3) is 0 Å². The summed E-state index contributed by atoms with van der Waals surface area (Å²) in [5.41, 5.74) is 0.137. The molecule has 0 heterocycles. The van der Waals surface area contributed by atoms with Crippen LogP contribution in [0, 0.1) is 0 Å². The number of hydrogen-bond acceptors (Lipinski definition) is 5. The van der Waals surface area contributed by atoms with E-state index in [0.717, 1.165) is 4.90 Å². The third-order valence-electron chi connectivity index (χ3n) is 2.92. The Morgan fingerprint density at radius 1 is 1.16 bits per heavy atom. The largest absolute Gasteiger partial charge is 0.507 e. The second-order valence-electron chi connectivity index (χ2n) is 4.78. The fourth-order valence-electron chi connectivity index (χ4n) is 1.80. The second-order valence-corrected chi connectivity index (χ2v) is 6.68. The van der Waals surface area contributed by atoms with Crippen molar-refractivity contribution < 1.29 is 19.8 Å². The van der Waals surface area contributed by atoms with E-state index in [1.807, 2.05) is 12.1 Å². The number of amides is 1. The summed E-state index contributed by atoms with van der Waals surface area (Å²) in [7, 11) is 0. The molecule has 25 heavy (non-hydrogen) atoms. The zero-order chi connectivity index (χ0) is 18.4. The number of anilines is 1. The summed E-state index contributed by atoms with van der Waals surface area (Å²) >= 11 is 12.1. The topological polar surface area (TPSA) is 98.7 Å². The SMILES string of the molecule is O=C(CSc1ccc(Cl)cc1)NC(=S)Nc1ccc(C(=O)O)c(O)c1. The molecule has 2 rings (SSSR count). The van der Waals surface area contributed by atoms with Gasteiger partial charge in [0.25, 0.3) is 0 Å². The molecule has 9 heteroatoms. The molecule has 0 atom stereocenters. The molecule has 0 unspecified atom stereocenters. The summed E-state index contributed by atoms with van der Waals surface area (Å²) in [6.07, 6.45) is 0. The van der Waals surface area contributed by atoms with Crippen molar-refractivity contribution in [3.05, 3.63) is 53.1 Å². The number of aromatic carboxylic acids is 1. The van der Waals surface area contributed by atoms with Gasteiger partial charge in [0.2, 0.25) is 5.91 Å². The fraction of sp³-hybridized carbons (Fsp3) is 0.0625. The van der Waals surface area contributed by atoms with Gasteiger partial charge in [-0.3, -0.25) is 4.79 Å². The summed E-state index contributed by atoms with van der Waals surface area (Å²) in [6, 6.07) is 11.0.